The molecule has 0 saturated carbocycles. The van der Waals surface area contributed by atoms with Crippen LogP contribution in [0, 0.1) is 18.6 Å². The lowest BCUT2D eigenvalue weighted by Gasteiger charge is -2.14. The summed E-state index contributed by atoms with van der Waals surface area (Å²) in [6.45, 7) is 5.61. The molecule has 1 atom stereocenters. The minimum Gasteiger partial charge on any atom is -0.488 e. The van der Waals surface area contributed by atoms with Gasteiger partial charge in [0.25, 0.3) is 0 Å². The highest BCUT2D eigenvalue weighted by molar-refractivity contribution is 5.38. The molecule has 1 aromatic carbocycles. The summed E-state index contributed by atoms with van der Waals surface area (Å²) >= 11 is 0. The first-order chi connectivity index (χ1) is 7.97. The maximum Gasteiger partial charge on any atom is 0.190 e. The lowest BCUT2D eigenvalue weighted by atomic mass is 10.0. The first-order valence-corrected chi connectivity index (χ1v) is 5.83. The van der Waals surface area contributed by atoms with Gasteiger partial charge in [0.15, 0.2) is 17.4 Å². The van der Waals surface area contributed by atoms with Crippen LogP contribution in [0.2, 0.25) is 0 Å². The Labute approximate surface area is 101 Å². The molecule has 1 unspecified atom stereocenters. The molecule has 0 radical (unpaired) electrons. The molecule has 0 aliphatic heterocycles. The van der Waals surface area contributed by atoms with Crippen molar-refractivity contribution in [2.75, 3.05) is 6.61 Å². The van der Waals surface area contributed by atoms with Crippen molar-refractivity contribution >= 4 is 0 Å². The molecule has 1 rings (SSSR count). The van der Waals surface area contributed by atoms with Crippen LogP contribution in [0.3, 0.4) is 0 Å². The van der Waals surface area contributed by atoms with Crippen molar-refractivity contribution in [1.29, 1.82) is 0 Å². The van der Waals surface area contributed by atoms with E-state index in [-0.39, 0.29) is 11.8 Å². The number of hydrogen-bond donors (Lipinski definition) is 1. The maximum atomic E-state index is 13.9. The average molecular weight is 243 g/mol. The van der Waals surface area contributed by atoms with E-state index in [0.717, 1.165) is 0 Å². The number of rotatable bonds is 5. The van der Waals surface area contributed by atoms with Gasteiger partial charge in [-0.05, 0) is 43.9 Å². The third-order valence-corrected chi connectivity index (χ3v) is 2.52. The monoisotopic (exact) mass is 243 g/mol. The Morgan fingerprint density at radius 2 is 2.06 bits per heavy atom. The van der Waals surface area contributed by atoms with Gasteiger partial charge in [-0.1, -0.05) is 6.92 Å². The van der Waals surface area contributed by atoms with Gasteiger partial charge >= 0.3 is 0 Å². The predicted octanol–water partition coefficient (Wildman–Crippen LogP) is 2.95. The SMILES string of the molecule is CCCOc1c(F)cc(CC(C)N)c(C)c1F. The van der Waals surface area contributed by atoms with E-state index >= 15 is 0 Å². The number of benzene rings is 1. The molecule has 0 amide bonds. The van der Waals surface area contributed by atoms with Gasteiger partial charge in [0, 0.05) is 6.04 Å². The van der Waals surface area contributed by atoms with Crippen molar-refractivity contribution in [3.05, 3.63) is 28.8 Å². The van der Waals surface area contributed by atoms with Gasteiger partial charge in [-0.3, -0.25) is 0 Å². The van der Waals surface area contributed by atoms with Crippen LogP contribution >= 0.6 is 0 Å². The largest absolute Gasteiger partial charge is 0.488 e. The highest BCUT2D eigenvalue weighted by atomic mass is 19.1. The summed E-state index contributed by atoms with van der Waals surface area (Å²) in [6, 6.07) is 1.18. The van der Waals surface area contributed by atoms with Gasteiger partial charge in [0.05, 0.1) is 6.61 Å². The zero-order valence-corrected chi connectivity index (χ0v) is 10.5. The Kier molecular flexibility index (Phi) is 4.87. The summed E-state index contributed by atoms with van der Waals surface area (Å²) in [5.74, 6) is -1.55. The fourth-order valence-corrected chi connectivity index (χ4v) is 1.64. The molecule has 17 heavy (non-hydrogen) atoms. The van der Waals surface area contributed by atoms with E-state index < -0.39 is 11.6 Å². The van der Waals surface area contributed by atoms with Crippen LogP contribution in [0.15, 0.2) is 6.07 Å². The summed E-state index contributed by atoms with van der Waals surface area (Å²) in [6.07, 6.45) is 1.16. The van der Waals surface area contributed by atoms with Crippen LogP contribution in [0.4, 0.5) is 8.78 Å². The Morgan fingerprint density at radius 1 is 1.41 bits per heavy atom. The fourth-order valence-electron chi connectivity index (χ4n) is 1.64. The molecule has 96 valence electrons. The van der Waals surface area contributed by atoms with Crippen molar-refractivity contribution in [1.82, 2.24) is 0 Å². The molecule has 4 heteroatoms. The minimum absolute atomic E-state index is 0.130. The van der Waals surface area contributed by atoms with Crippen LogP contribution in [-0.2, 0) is 6.42 Å². The van der Waals surface area contributed by atoms with Crippen LogP contribution < -0.4 is 10.5 Å². The molecule has 0 aliphatic rings. The van der Waals surface area contributed by atoms with Gasteiger partial charge in [0.2, 0.25) is 0 Å². The van der Waals surface area contributed by atoms with E-state index in [1.54, 1.807) is 13.8 Å². The summed E-state index contributed by atoms with van der Waals surface area (Å²) < 4.78 is 32.6. The predicted molar refractivity (Wildman–Crippen MR) is 64.2 cm³/mol. The lowest BCUT2D eigenvalue weighted by molar-refractivity contribution is 0.283. The first-order valence-electron chi connectivity index (χ1n) is 5.83. The van der Waals surface area contributed by atoms with Crippen molar-refractivity contribution in [2.24, 2.45) is 5.73 Å². The lowest BCUT2D eigenvalue weighted by Crippen LogP contribution is -2.19. The molecule has 0 fully saturated rings. The van der Waals surface area contributed by atoms with Crippen molar-refractivity contribution in [3.8, 4) is 5.75 Å². The second kappa shape index (κ2) is 5.96. The normalized spacial score (nSPS) is 12.6. The van der Waals surface area contributed by atoms with Crippen LogP contribution in [-0.4, -0.2) is 12.6 Å². The van der Waals surface area contributed by atoms with Gasteiger partial charge in [-0.2, -0.15) is 0 Å². The van der Waals surface area contributed by atoms with Gasteiger partial charge < -0.3 is 10.5 Å². The minimum atomic E-state index is -0.655. The van der Waals surface area contributed by atoms with E-state index in [1.807, 2.05) is 6.92 Å². The molecule has 0 bridgehead atoms. The fraction of sp³-hybridized carbons (Fsp3) is 0.538. The van der Waals surface area contributed by atoms with Gasteiger partial charge in [-0.15, -0.1) is 0 Å². The summed E-state index contributed by atoms with van der Waals surface area (Å²) in [7, 11) is 0. The van der Waals surface area contributed by atoms with Crippen molar-refractivity contribution < 1.29 is 13.5 Å². The zero-order chi connectivity index (χ0) is 13.0. The highest BCUT2D eigenvalue weighted by Crippen LogP contribution is 2.28. The number of nitrogens with two attached hydrogens (primary N) is 1. The molecule has 2 N–H and O–H groups in total. The van der Waals surface area contributed by atoms with E-state index in [0.29, 0.717) is 30.6 Å². The molecule has 2 nitrogen and oxygen atoms in total. The van der Waals surface area contributed by atoms with Crippen molar-refractivity contribution in [2.45, 2.75) is 39.7 Å². The van der Waals surface area contributed by atoms with Gasteiger partial charge in [0.1, 0.15) is 0 Å². The molecule has 0 aromatic heterocycles. The molecule has 0 aliphatic carbocycles. The number of hydrogen-bond acceptors (Lipinski definition) is 2. The van der Waals surface area contributed by atoms with E-state index in [1.165, 1.54) is 6.07 Å². The summed E-state index contributed by atoms with van der Waals surface area (Å²) in [5.41, 5.74) is 6.64. The summed E-state index contributed by atoms with van der Waals surface area (Å²) in [5, 5.41) is 0. The molecular weight excluding hydrogens is 224 g/mol. The van der Waals surface area contributed by atoms with E-state index in [2.05, 4.69) is 0 Å². The Bertz CT molecular complexity index is 391. The third-order valence-electron chi connectivity index (χ3n) is 2.52. The molecule has 0 spiro atoms. The Hall–Kier alpha value is -1.16. The maximum absolute atomic E-state index is 13.9. The van der Waals surface area contributed by atoms with E-state index in [9.17, 15) is 8.78 Å². The first kappa shape index (κ1) is 13.9. The Morgan fingerprint density at radius 3 is 2.59 bits per heavy atom. The Balaban J connectivity index is 3.08. The smallest absolute Gasteiger partial charge is 0.190 e. The van der Waals surface area contributed by atoms with Gasteiger partial charge in [-0.25, -0.2) is 8.78 Å². The zero-order valence-electron chi connectivity index (χ0n) is 10.5. The third kappa shape index (κ3) is 3.40. The number of halogens is 2. The molecule has 0 heterocycles. The van der Waals surface area contributed by atoms with Crippen LogP contribution in [0.5, 0.6) is 5.75 Å². The molecular formula is C13H19F2NO. The average Bonchev–Trinajstić information content (AvgIpc) is 2.25. The van der Waals surface area contributed by atoms with Crippen molar-refractivity contribution in [3.63, 3.8) is 0 Å². The second-order valence-electron chi connectivity index (χ2n) is 4.32. The van der Waals surface area contributed by atoms with Crippen LogP contribution in [0.25, 0.3) is 0 Å². The molecule has 0 saturated heterocycles. The quantitative estimate of drug-likeness (QED) is 0.863. The second-order valence-corrected chi connectivity index (χ2v) is 4.32. The highest BCUT2D eigenvalue weighted by Gasteiger charge is 2.17. The topological polar surface area (TPSA) is 35.2 Å². The molecule has 1 aromatic rings. The van der Waals surface area contributed by atoms with E-state index in [4.69, 9.17) is 10.5 Å². The van der Waals surface area contributed by atoms with Crippen LogP contribution in [0.1, 0.15) is 31.4 Å². The number of ether oxygens (including phenoxy) is 1. The summed E-state index contributed by atoms with van der Waals surface area (Å²) in [4.78, 5) is 0. The standard InChI is InChI=1S/C13H19F2NO/c1-4-5-17-13-11(14)7-10(6-8(2)16)9(3)12(13)15/h7-8H,4-6,16H2,1-3H3.